The van der Waals surface area contributed by atoms with Crippen molar-refractivity contribution >= 4 is 5.97 Å². The zero-order valence-electron chi connectivity index (χ0n) is 11.3. The van der Waals surface area contributed by atoms with E-state index in [9.17, 15) is 22.4 Å². The Kier molecular flexibility index (Phi) is 4.85. The Hall–Kier alpha value is -1.59. The van der Waals surface area contributed by atoms with Crippen LogP contribution in [0.5, 0.6) is 0 Å². The second-order valence-electron chi connectivity index (χ2n) is 5.34. The fraction of sp³-hybridized carbons (Fsp3) is 0.533. The number of esters is 1. The van der Waals surface area contributed by atoms with E-state index in [4.69, 9.17) is 4.74 Å². The summed E-state index contributed by atoms with van der Waals surface area (Å²) in [6.07, 6.45) is -3.64. The van der Waals surface area contributed by atoms with Crippen LogP contribution in [0.3, 0.4) is 0 Å². The highest BCUT2D eigenvalue weighted by atomic mass is 19.4. The van der Waals surface area contributed by atoms with E-state index in [1.807, 2.05) is 0 Å². The third-order valence-electron chi connectivity index (χ3n) is 3.74. The highest BCUT2D eigenvalue weighted by Gasteiger charge is 2.43. The molecule has 6 heteroatoms. The SMILES string of the molecule is O=C(OCc1cccc(F)c1)C1CCCC(C(F)(F)F)C1. The van der Waals surface area contributed by atoms with Gasteiger partial charge in [0.1, 0.15) is 12.4 Å². The second-order valence-corrected chi connectivity index (χ2v) is 5.34. The molecule has 1 aliphatic rings. The van der Waals surface area contributed by atoms with Crippen molar-refractivity contribution in [3.05, 3.63) is 35.6 Å². The molecular weight excluding hydrogens is 288 g/mol. The van der Waals surface area contributed by atoms with Crippen LogP contribution >= 0.6 is 0 Å². The third kappa shape index (κ3) is 4.44. The summed E-state index contributed by atoms with van der Waals surface area (Å²) < 4.78 is 56.0. The lowest BCUT2D eigenvalue weighted by Gasteiger charge is -2.29. The van der Waals surface area contributed by atoms with Crippen molar-refractivity contribution < 1.29 is 27.1 Å². The van der Waals surface area contributed by atoms with Gasteiger partial charge in [0, 0.05) is 0 Å². The van der Waals surface area contributed by atoms with Crippen LogP contribution in [0, 0.1) is 17.7 Å². The number of benzene rings is 1. The van der Waals surface area contributed by atoms with Crippen LogP contribution in [0.25, 0.3) is 0 Å². The Morgan fingerprint density at radius 3 is 2.71 bits per heavy atom. The standard InChI is InChI=1S/C15H16F4O2/c16-13-6-1-3-10(7-13)9-21-14(20)11-4-2-5-12(8-11)15(17,18)19/h1,3,6-7,11-12H,2,4-5,8-9H2. The minimum atomic E-state index is -4.26. The maximum Gasteiger partial charge on any atom is 0.391 e. The second kappa shape index (κ2) is 6.45. The lowest BCUT2D eigenvalue weighted by molar-refractivity contribution is -0.189. The summed E-state index contributed by atoms with van der Waals surface area (Å²) in [5.41, 5.74) is 0.478. The summed E-state index contributed by atoms with van der Waals surface area (Å²) in [7, 11) is 0. The molecule has 1 aromatic carbocycles. The highest BCUT2D eigenvalue weighted by molar-refractivity contribution is 5.72. The molecule has 1 aromatic rings. The van der Waals surface area contributed by atoms with Crippen LogP contribution in [-0.2, 0) is 16.1 Å². The van der Waals surface area contributed by atoms with Crippen molar-refractivity contribution in [2.45, 2.75) is 38.5 Å². The predicted molar refractivity (Wildman–Crippen MR) is 67.7 cm³/mol. The highest BCUT2D eigenvalue weighted by Crippen LogP contribution is 2.40. The van der Waals surface area contributed by atoms with Gasteiger partial charge >= 0.3 is 12.1 Å². The summed E-state index contributed by atoms with van der Waals surface area (Å²) in [5, 5.41) is 0. The summed E-state index contributed by atoms with van der Waals surface area (Å²) in [5.74, 6) is -3.23. The number of carbonyl (C=O) groups is 1. The number of carbonyl (C=O) groups excluding carboxylic acids is 1. The molecule has 1 fully saturated rings. The molecule has 1 aliphatic carbocycles. The van der Waals surface area contributed by atoms with E-state index in [0.29, 0.717) is 18.4 Å². The molecule has 2 nitrogen and oxygen atoms in total. The van der Waals surface area contributed by atoms with E-state index in [2.05, 4.69) is 0 Å². The number of hydrogen-bond acceptors (Lipinski definition) is 2. The fourth-order valence-corrected chi connectivity index (χ4v) is 2.60. The first-order valence-corrected chi connectivity index (χ1v) is 6.84. The molecule has 2 unspecified atom stereocenters. The number of halogens is 4. The minimum Gasteiger partial charge on any atom is -0.461 e. The minimum absolute atomic E-state index is 0.0666. The number of ether oxygens (including phenoxy) is 1. The molecule has 0 spiro atoms. The van der Waals surface area contributed by atoms with Gasteiger partial charge in [-0.3, -0.25) is 4.79 Å². The van der Waals surface area contributed by atoms with Gasteiger partial charge in [-0.25, -0.2) is 4.39 Å². The van der Waals surface area contributed by atoms with E-state index < -0.39 is 29.8 Å². The van der Waals surface area contributed by atoms with Crippen LogP contribution in [0.15, 0.2) is 24.3 Å². The van der Waals surface area contributed by atoms with Gasteiger partial charge < -0.3 is 4.74 Å². The van der Waals surface area contributed by atoms with Crippen LogP contribution in [0.2, 0.25) is 0 Å². The van der Waals surface area contributed by atoms with Crippen LogP contribution in [0.4, 0.5) is 17.6 Å². The topological polar surface area (TPSA) is 26.3 Å². The normalized spacial score (nSPS) is 22.9. The number of rotatable bonds is 3. The summed E-state index contributed by atoms with van der Waals surface area (Å²) >= 11 is 0. The average Bonchev–Trinajstić information content (AvgIpc) is 2.44. The molecule has 0 N–H and O–H groups in total. The van der Waals surface area contributed by atoms with E-state index in [1.165, 1.54) is 18.2 Å². The maximum absolute atomic E-state index is 13.0. The molecule has 2 rings (SSSR count). The Bertz CT molecular complexity index is 499. The van der Waals surface area contributed by atoms with Crippen molar-refractivity contribution in [2.75, 3.05) is 0 Å². The smallest absolute Gasteiger partial charge is 0.391 e. The summed E-state index contributed by atoms with van der Waals surface area (Å²) in [6, 6.07) is 5.57. The summed E-state index contributed by atoms with van der Waals surface area (Å²) in [4.78, 5) is 11.8. The molecule has 0 aromatic heterocycles. The monoisotopic (exact) mass is 304 g/mol. The third-order valence-corrected chi connectivity index (χ3v) is 3.74. The van der Waals surface area contributed by atoms with Gasteiger partial charge in [-0.1, -0.05) is 18.6 Å². The van der Waals surface area contributed by atoms with E-state index >= 15 is 0 Å². The van der Waals surface area contributed by atoms with Gasteiger partial charge in [-0.15, -0.1) is 0 Å². The van der Waals surface area contributed by atoms with E-state index in [-0.39, 0.29) is 19.4 Å². The Labute approximate surface area is 120 Å². The van der Waals surface area contributed by atoms with Gasteiger partial charge in [0.15, 0.2) is 0 Å². The molecule has 0 saturated heterocycles. The molecular formula is C15H16F4O2. The fourth-order valence-electron chi connectivity index (χ4n) is 2.60. The van der Waals surface area contributed by atoms with E-state index in [0.717, 1.165) is 0 Å². The van der Waals surface area contributed by atoms with Crippen molar-refractivity contribution in [2.24, 2.45) is 11.8 Å². The van der Waals surface area contributed by atoms with Crippen molar-refractivity contribution in [3.63, 3.8) is 0 Å². The predicted octanol–water partition coefficient (Wildman–Crippen LogP) is 4.24. The Morgan fingerprint density at radius 2 is 2.05 bits per heavy atom. The van der Waals surface area contributed by atoms with Crippen LogP contribution in [-0.4, -0.2) is 12.1 Å². The zero-order chi connectivity index (χ0) is 15.5. The van der Waals surface area contributed by atoms with Gasteiger partial charge in [-0.2, -0.15) is 13.2 Å². The van der Waals surface area contributed by atoms with Gasteiger partial charge in [0.05, 0.1) is 11.8 Å². The van der Waals surface area contributed by atoms with Gasteiger partial charge in [0.2, 0.25) is 0 Å². The first-order chi connectivity index (χ1) is 9.86. The lowest BCUT2D eigenvalue weighted by Crippen LogP contribution is -2.32. The average molecular weight is 304 g/mol. The molecule has 21 heavy (non-hydrogen) atoms. The largest absolute Gasteiger partial charge is 0.461 e. The van der Waals surface area contributed by atoms with Crippen molar-refractivity contribution in [1.29, 1.82) is 0 Å². The molecule has 1 saturated carbocycles. The van der Waals surface area contributed by atoms with Crippen LogP contribution in [0.1, 0.15) is 31.2 Å². The molecule has 0 bridgehead atoms. The quantitative estimate of drug-likeness (QED) is 0.617. The molecule has 116 valence electrons. The molecule has 0 radical (unpaired) electrons. The van der Waals surface area contributed by atoms with Crippen molar-refractivity contribution in [1.82, 2.24) is 0 Å². The Balaban J connectivity index is 1.88. The molecule has 0 heterocycles. The number of hydrogen-bond donors (Lipinski definition) is 0. The molecule has 0 amide bonds. The number of alkyl halides is 3. The first kappa shape index (κ1) is 15.8. The molecule has 0 aliphatic heterocycles. The summed E-state index contributed by atoms with van der Waals surface area (Å²) in [6.45, 7) is -0.121. The van der Waals surface area contributed by atoms with E-state index in [1.54, 1.807) is 6.07 Å². The van der Waals surface area contributed by atoms with Gasteiger partial charge in [0.25, 0.3) is 0 Å². The zero-order valence-corrected chi connectivity index (χ0v) is 11.3. The maximum atomic E-state index is 13.0. The molecule has 2 atom stereocenters. The van der Waals surface area contributed by atoms with Crippen molar-refractivity contribution in [3.8, 4) is 0 Å². The Morgan fingerprint density at radius 1 is 1.29 bits per heavy atom. The first-order valence-electron chi connectivity index (χ1n) is 6.84. The van der Waals surface area contributed by atoms with Gasteiger partial charge in [-0.05, 0) is 37.0 Å². The van der Waals surface area contributed by atoms with Crippen LogP contribution < -0.4 is 0 Å². The lowest BCUT2D eigenvalue weighted by atomic mass is 9.81.